The van der Waals surface area contributed by atoms with Crippen LogP contribution in [0.4, 0.5) is 0 Å². The van der Waals surface area contributed by atoms with Crippen molar-refractivity contribution in [3.05, 3.63) is 41.2 Å². The van der Waals surface area contributed by atoms with Gasteiger partial charge in [0, 0.05) is 13.6 Å². The molecule has 0 aliphatic carbocycles. The summed E-state index contributed by atoms with van der Waals surface area (Å²) < 4.78 is 3.39. The second-order valence-electron chi connectivity index (χ2n) is 5.24. The number of likely N-dealkylation sites (N-methyl/N-ethyl adjacent to an activating group) is 1. The lowest BCUT2D eigenvalue weighted by molar-refractivity contribution is -0.131. The summed E-state index contributed by atoms with van der Waals surface area (Å²) in [5.41, 5.74) is 2.44. The zero-order valence-electron chi connectivity index (χ0n) is 13.0. The van der Waals surface area contributed by atoms with Gasteiger partial charge in [-0.1, -0.05) is 28.9 Å². The third-order valence-electron chi connectivity index (χ3n) is 3.72. The molecule has 7 nitrogen and oxygen atoms in total. The first-order chi connectivity index (χ1) is 11.1. The second kappa shape index (κ2) is 6.37. The molecule has 2 heterocycles. The first kappa shape index (κ1) is 15.5. The first-order valence-electron chi connectivity index (χ1n) is 7.32. The van der Waals surface area contributed by atoms with Gasteiger partial charge in [0.2, 0.25) is 5.91 Å². The smallest absolute Gasteiger partial charge is 0.244 e. The molecule has 120 valence electrons. The number of halogens is 1. The van der Waals surface area contributed by atoms with Gasteiger partial charge in [-0.15, -0.1) is 5.10 Å². The molecule has 0 radical (unpaired) electrons. The fourth-order valence-electron chi connectivity index (χ4n) is 2.41. The SMILES string of the molecule is CCn1ncc(Cl)c1CN(C)C(=O)Cn1nnc2ccccc21. The summed E-state index contributed by atoms with van der Waals surface area (Å²) in [6.45, 7) is 3.22. The number of rotatable bonds is 5. The average molecular weight is 333 g/mol. The van der Waals surface area contributed by atoms with Gasteiger partial charge < -0.3 is 4.90 Å². The van der Waals surface area contributed by atoms with E-state index in [1.807, 2.05) is 31.2 Å². The van der Waals surface area contributed by atoms with E-state index in [4.69, 9.17) is 11.6 Å². The molecule has 0 bridgehead atoms. The normalized spacial score (nSPS) is 11.1. The fourth-order valence-corrected chi connectivity index (χ4v) is 2.61. The van der Waals surface area contributed by atoms with Crippen LogP contribution in [0.5, 0.6) is 0 Å². The van der Waals surface area contributed by atoms with Crippen LogP contribution in [0.2, 0.25) is 5.02 Å². The molecule has 1 amide bonds. The molecule has 0 saturated heterocycles. The maximum absolute atomic E-state index is 12.5. The van der Waals surface area contributed by atoms with Gasteiger partial charge in [-0.2, -0.15) is 5.10 Å². The number of para-hydroxylation sites is 1. The Kier molecular flexibility index (Phi) is 4.29. The third kappa shape index (κ3) is 3.05. The Balaban J connectivity index is 1.74. The van der Waals surface area contributed by atoms with E-state index in [0.717, 1.165) is 16.7 Å². The number of fused-ring (bicyclic) bond motifs is 1. The van der Waals surface area contributed by atoms with Gasteiger partial charge in [-0.3, -0.25) is 9.48 Å². The van der Waals surface area contributed by atoms with E-state index >= 15 is 0 Å². The summed E-state index contributed by atoms with van der Waals surface area (Å²) in [5.74, 6) is -0.0689. The molecule has 0 saturated carbocycles. The maximum Gasteiger partial charge on any atom is 0.244 e. The summed E-state index contributed by atoms with van der Waals surface area (Å²) in [5, 5.41) is 12.8. The Bertz CT molecular complexity index is 839. The minimum absolute atomic E-state index is 0.0689. The molecule has 1 aromatic carbocycles. The van der Waals surface area contributed by atoms with Crippen molar-refractivity contribution in [1.29, 1.82) is 0 Å². The van der Waals surface area contributed by atoms with Gasteiger partial charge in [0.15, 0.2) is 0 Å². The van der Waals surface area contributed by atoms with Gasteiger partial charge in [0.05, 0.1) is 29.0 Å². The molecule has 0 aliphatic rings. The number of aryl methyl sites for hydroxylation is 1. The lowest BCUT2D eigenvalue weighted by Gasteiger charge is -2.18. The Morgan fingerprint density at radius 1 is 1.30 bits per heavy atom. The van der Waals surface area contributed by atoms with Crippen molar-refractivity contribution < 1.29 is 4.79 Å². The molecule has 0 atom stereocenters. The van der Waals surface area contributed by atoms with E-state index in [2.05, 4.69) is 15.4 Å². The van der Waals surface area contributed by atoms with Crippen molar-refractivity contribution >= 4 is 28.5 Å². The third-order valence-corrected chi connectivity index (χ3v) is 4.03. The van der Waals surface area contributed by atoms with Crippen molar-refractivity contribution in [2.75, 3.05) is 7.05 Å². The van der Waals surface area contributed by atoms with Crippen LogP contribution in [0.3, 0.4) is 0 Å². The number of hydrogen-bond donors (Lipinski definition) is 0. The van der Waals surface area contributed by atoms with Gasteiger partial charge in [-0.25, -0.2) is 4.68 Å². The zero-order valence-corrected chi connectivity index (χ0v) is 13.7. The molecule has 3 rings (SSSR count). The van der Waals surface area contributed by atoms with Crippen LogP contribution < -0.4 is 0 Å². The molecule has 0 N–H and O–H groups in total. The maximum atomic E-state index is 12.5. The highest BCUT2D eigenvalue weighted by Crippen LogP contribution is 2.17. The molecule has 0 fully saturated rings. The molecule has 0 aliphatic heterocycles. The summed E-state index contributed by atoms with van der Waals surface area (Å²) in [7, 11) is 1.74. The van der Waals surface area contributed by atoms with Crippen LogP contribution in [0.25, 0.3) is 11.0 Å². The molecular formula is C15H17ClN6O. The largest absolute Gasteiger partial charge is 0.338 e. The Hall–Kier alpha value is -2.41. The van der Waals surface area contributed by atoms with E-state index < -0.39 is 0 Å². The number of benzene rings is 1. The first-order valence-corrected chi connectivity index (χ1v) is 7.70. The Labute approximate surface area is 138 Å². The van der Waals surface area contributed by atoms with Gasteiger partial charge in [0.25, 0.3) is 0 Å². The fraction of sp³-hybridized carbons (Fsp3) is 0.333. The van der Waals surface area contributed by atoms with Crippen LogP contribution in [0, 0.1) is 0 Å². The van der Waals surface area contributed by atoms with Gasteiger partial charge in [-0.05, 0) is 19.1 Å². The van der Waals surface area contributed by atoms with Crippen LogP contribution in [-0.2, 0) is 24.4 Å². The highest BCUT2D eigenvalue weighted by Gasteiger charge is 2.16. The summed E-state index contributed by atoms with van der Waals surface area (Å²) in [6.07, 6.45) is 1.60. The van der Waals surface area contributed by atoms with Gasteiger partial charge in [0.1, 0.15) is 12.1 Å². The molecule has 0 spiro atoms. The summed E-state index contributed by atoms with van der Waals surface area (Å²) in [4.78, 5) is 14.1. The average Bonchev–Trinajstić information content (AvgIpc) is 3.12. The topological polar surface area (TPSA) is 68.8 Å². The monoisotopic (exact) mass is 332 g/mol. The Morgan fingerprint density at radius 3 is 2.87 bits per heavy atom. The van der Waals surface area contributed by atoms with Crippen LogP contribution in [0.1, 0.15) is 12.6 Å². The van der Waals surface area contributed by atoms with Crippen LogP contribution in [-0.4, -0.2) is 42.6 Å². The minimum Gasteiger partial charge on any atom is -0.338 e. The van der Waals surface area contributed by atoms with E-state index in [1.54, 1.807) is 27.5 Å². The van der Waals surface area contributed by atoms with Gasteiger partial charge >= 0.3 is 0 Å². The van der Waals surface area contributed by atoms with E-state index in [-0.39, 0.29) is 12.5 Å². The second-order valence-corrected chi connectivity index (χ2v) is 5.65. The lowest BCUT2D eigenvalue weighted by Crippen LogP contribution is -2.31. The van der Waals surface area contributed by atoms with E-state index in [9.17, 15) is 4.79 Å². The number of nitrogens with zero attached hydrogens (tertiary/aromatic N) is 6. The molecule has 0 unspecified atom stereocenters. The van der Waals surface area contributed by atoms with Crippen molar-refractivity contribution in [1.82, 2.24) is 29.7 Å². The van der Waals surface area contributed by atoms with Crippen LogP contribution in [0.15, 0.2) is 30.5 Å². The van der Waals surface area contributed by atoms with E-state index in [1.165, 1.54) is 0 Å². The lowest BCUT2D eigenvalue weighted by atomic mass is 10.3. The van der Waals surface area contributed by atoms with Crippen molar-refractivity contribution in [3.63, 3.8) is 0 Å². The Morgan fingerprint density at radius 2 is 2.09 bits per heavy atom. The van der Waals surface area contributed by atoms with Crippen molar-refractivity contribution in [3.8, 4) is 0 Å². The van der Waals surface area contributed by atoms with Crippen molar-refractivity contribution in [2.45, 2.75) is 26.6 Å². The number of carbonyl (C=O) groups is 1. The molecule has 2 aromatic heterocycles. The predicted octanol–water partition coefficient (Wildman–Crippen LogP) is 1.96. The van der Waals surface area contributed by atoms with Crippen molar-refractivity contribution in [2.24, 2.45) is 0 Å². The van der Waals surface area contributed by atoms with Crippen LogP contribution >= 0.6 is 11.6 Å². The zero-order chi connectivity index (χ0) is 16.4. The molecular weight excluding hydrogens is 316 g/mol. The highest BCUT2D eigenvalue weighted by molar-refractivity contribution is 6.31. The number of amides is 1. The summed E-state index contributed by atoms with van der Waals surface area (Å²) in [6, 6.07) is 7.55. The molecule has 8 heteroatoms. The predicted molar refractivity (Wildman–Crippen MR) is 86.9 cm³/mol. The molecule has 23 heavy (non-hydrogen) atoms. The van der Waals surface area contributed by atoms with E-state index in [0.29, 0.717) is 18.1 Å². The molecule has 3 aromatic rings. The standard InChI is InChI=1S/C15H17ClN6O/c1-3-21-14(11(16)8-17-21)9-20(2)15(23)10-22-13-7-5-4-6-12(13)18-19-22/h4-8H,3,9-10H2,1-2H3. The highest BCUT2D eigenvalue weighted by atomic mass is 35.5. The quantitative estimate of drug-likeness (QED) is 0.716. The number of hydrogen-bond acceptors (Lipinski definition) is 4. The number of aromatic nitrogens is 5. The summed E-state index contributed by atoms with van der Waals surface area (Å²) >= 11 is 6.14. The number of carbonyl (C=O) groups excluding carboxylic acids is 1. The minimum atomic E-state index is -0.0689.